The maximum Gasteiger partial charge on any atom is 0.252 e. The van der Waals surface area contributed by atoms with Gasteiger partial charge >= 0.3 is 0 Å². The van der Waals surface area contributed by atoms with E-state index in [2.05, 4.69) is 84.9 Å². The van der Waals surface area contributed by atoms with E-state index in [0.29, 0.717) is 23.5 Å². The number of nitrogens with one attached hydrogen (secondary N) is 2. The molecule has 0 radical (unpaired) electrons. The van der Waals surface area contributed by atoms with Crippen molar-refractivity contribution in [1.82, 2.24) is 29.4 Å². The Balaban J connectivity index is 1.07. The lowest BCUT2D eigenvalue weighted by molar-refractivity contribution is -0.137. The first-order valence-electron chi connectivity index (χ1n) is 13.9. The SMILES string of the molecule is O=C(NC1CC1)[C@H]1O[C@@H](n2cnc3c(NCCc4cn(Cc5ccccc5)c5ccccc45)ncnc32)[C@H](O)[C@@H]1O. The summed E-state index contributed by atoms with van der Waals surface area (Å²) in [6.45, 7) is 1.41. The average Bonchev–Trinajstić information content (AvgIpc) is 3.48. The molecule has 0 bridgehead atoms. The van der Waals surface area contributed by atoms with Crippen LogP contribution in [0.15, 0.2) is 73.4 Å². The molecule has 2 aromatic carbocycles. The standard InChI is InChI=1S/C30H31N7O4/c38-24-25(39)30(41-26(24)29(40)35-20-10-11-20)37-17-34-23-27(32-16-33-28(23)37)31-13-12-19-15-36(14-18-6-2-1-3-7-18)22-9-5-4-8-21(19)22/h1-9,15-17,20,24-26,30,38-39H,10-14H2,(H,35,40)(H,31,32,33)/t24-,25+,26-,30+/m0/s1. The fraction of sp³-hybridized carbons (Fsp3) is 0.333. The van der Waals surface area contributed by atoms with Crippen LogP contribution in [0.25, 0.3) is 22.1 Å². The summed E-state index contributed by atoms with van der Waals surface area (Å²) in [6, 6.07) is 18.9. The normalized spacial score (nSPS) is 22.4. The van der Waals surface area contributed by atoms with E-state index in [0.717, 1.165) is 25.8 Å². The number of amides is 1. The van der Waals surface area contributed by atoms with Crippen molar-refractivity contribution in [3.8, 4) is 0 Å². The van der Waals surface area contributed by atoms with E-state index < -0.39 is 30.4 Å². The summed E-state index contributed by atoms with van der Waals surface area (Å²) in [5.74, 6) is 0.130. The fourth-order valence-corrected chi connectivity index (χ4v) is 5.53. The largest absolute Gasteiger partial charge is 0.387 e. The summed E-state index contributed by atoms with van der Waals surface area (Å²) in [4.78, 5) is 25.8. The van der Waals surface area contributed by atoms with Gasteiger partial charge in [-0.3, -0.25) is 9.36 Å². The van der Waals surface area contributed by atoms with E-state index in [-0.39, 0.29) is 6.04 Å². The number of aliphatic hydroxyl groups is 2. The molecule has 0 spiro atoms. The molecule has 11 heteroatoms. The summed E-state index contributed by atoms with van der Waals surface area (Å²) in [7, 11) is 0. The number of aromatic nitrogens is 5. The highest BCUT2D eigenvalue weighted by molar-refractivity contribution is 5.85. The number of ether oxygens (including phenoxy) is 1. The second-order valence-corrected chi connectivity index (χ2v) is 10.7. The van der Waals surface area contributed by atoms with Crippen LogP contribution in [0.3, 0.4) is 0 Å². The lowest BCUT2D eigenvalue weighted by Crippen LogP contribution is -2.43. The van der Waals surface area contributed by atoms with Crippen molar-refractivity contribution in [2.45, 2.75) is 56.4 Å². The van der Waals surface area contributed by atoms with Gasteiger partial charge in [-0.15, -0.1) is 0 Å². The van der Waals surface area contributed by atoms with Crippen molar-refractivity contribution in [3.05, 3.63) is 84.6 Å². The minimum Gasteiger partial charge on any atom is -0.387 e. The van der Waals surface area contributed by atoms with E-state index in [9.17, 15) is 15.0 Å². The molecule has 4 heterocycles. The van der Waals surface area contributed by atoms with Crippen LogP contribution >= 0.6 is 0 Å². The Morgan fingerprint density at radius 2 is 1.80 bits per heavy atom. The number of carbonyl (C=O) groups excluding carboxylic acids is 1. The Hall–Kier alpha value is -4.32. The monoisotopic (exact) mass is 553 g/mol. The number of benzene rings is 2. The maximum absolute atomic E-state index is 12.5. The number of imidazole rings is 1. The zero-order valence-corrected chi connectivity index (χ0v) is 22.3. The topological polar surface area (TPSA) is 139 Å². The minimum absolute atomic E-state index is 0.116. The Morgan fingerprint density at radius 3 is 2.63 bits per heavy atom. The quantitative estimate of drug-likeness (QED) is 0.218. The van der Waals surface area contributed by atoms with E-state index >= 15 is 0 Å². The highest BCUT2D eigenvalue weighted by Gasteiger charge is 2.48. The first-order valence-corrected chi connectivity index (χ1v) is 13.9. The number of nitrogens with zero attached hydrogens (tertiary/aromatic N) is 5. The Bertz CT molecular complexity index is 1700. The van der Waals surface area contributed by atoms with Gasteiger partial charge in [0.1, 0.15) is 18.5 Å². The van der Waals surface area contributed by atoms with Gasteiger partial charge < -0.3 is 30.2 Å². The number of fused-ring (bicyclic) bond motifs is 2. The molecule has 11 nitrogen and oxygen atoms in total. The van der Waals surface area contributed by atoms with Gasteiger partial charge in [-0.25, -0.2) is 15.0 Å². The van der Waals surface area contributed by atoms with E-state index in [1.54, 1.807) is 0 Å². The lowest BCUT2D eigenvalue weighted by atomic mass is 10.1. The number of hydrogen-bond acceptors (Lipinski definition) is 8. The highest BCUT2D eigenvalue weighted by atomic mass is 16.6. The van der Waals surface area contributed by atoms with Crippen LogP contribution in [0.1, 0.15) is 30.2 Å². The molecule has 210 valence electrons. The number of aliphatic hydroxyl groups excluding tert-OH is 2. The van der Waals surface area contributed by atoms with Gasteiger partial charge in [-0.05, 0) is 36.5 Å². The molecule has 41 heavy (non-hydrogen) atoms. The summed E-state index contributed by atoms with van der Waals surface area (Å²) < 4.78 is 9.64. The number of rotatable bonds is 9. The van der Waals surface area contributed by atoms with Gasteiger partial charge in [0.05, 0.1) is 6.33 Å². The third-order valence-electron chi connectivity index (χ3n) is 7.81. The third kappa shape index (κ3) is 4.92. The first-order chi connectivity index (χ1) is 20.1. The molecule has 4 atom stereocenters. The summed E-state index contributed by atoms with van der Waals surface area (Å²) in [5, 5.41) is 28.7. The van der Waals surface area contributed by atoms with Crippen LogP contribution in [-0.2, 0) is 22.5 Å². The molecule has 1 saturated carbocycles. The first kappa shape index (κ1) is 25.6. The Labute approximate surface area is 235 Å². The smallest absolute Gasteiger partial charge is 0.252 e. The Kier molecular flexibility index (Phi) is 6.62. The van der Waals surface area contributed by atoms with Gasteiger partial charge in [-0.1, -0.05) is 48.5 Å². The van der Waals surface area contributed by atoms with Gasteiger partial charge in [-0.2, -0.15) is 0 Å². The predicted molar refractivity (Wildman–Crippen MR) is 152 cm³/mol. The molecule has 1 aliphatic carbocycles. The zero-order chi connectivity index (χ0) is 27.9. The minimum atomic E-state index is -1.36. The molecule has 5 aromatic rings. The molecule has 7 rings (SSSR count). The third-order valence-corrected chi connectivity index (χ3v) is 7.81. The van der Waals surface area contributed by atoms with Crippen molar-refractivity contribution < 1.29 is 19.7 Å². The van der Waals surface area contributed by atoms with Crippen LogP contribution < -0.4 is 10.6 Å². The molecule has 3 aromatic heterocycles. The summed E-state index contributed by atoms with van der Waals surface area (Å²) in [5.41, 5.74) is 4.61. The fourth-order valence-electron chi connectivity index (χ4n) is 5.53. The molecule has 1 amide bonds. The number of anilines is 1. The number of para-hydroxylation sites is 1. The summed E-state index contributed by atoms with van der Waals surface area (Å²) in [6.07, 6.45) is 2.85. The highest BCUT2D eigenvalue weighted by Crippen LogP contribution is 2.33. The van der Waals surface area contributed by atoms with Crippen molar-refractivity contribution in [2.75, 3.05) is 11.9 Å². The predicted octanol–water partition coefficient (Wildman–Crippen LogP) is 2.38. The van der Waals surface area contributed by atoms with E-state index in [1.165, 1.54) is 39.3 Å². The summed E-state index contributed by atoms with van der Waals surface area (Å²) >= 11 is 0. The van der Waals surface area contributed by atoms with Crippen molar-refractivity contribution in [2.24, 2.45) is 0 Å². The Morgan fingerprint density at radius 1 is 1.00 bits per heavy atom. The van der Waals surface area contributed by atoms with Crippen molar-refractivity contribution in [3.63, 3.8) is 0 Å². The van der Waals surface area contributed by atoms with Crippen LogP contribution in [0.2, 0.25) is 0 Å². The maximum atomic E-state index is 12.5. The van der Waals surface area contributed by atoms with E-state index in [1.807, 2.05) is 6.07 Å². The second-order valence-electron chi connectivity index (χ2n) is 10.7. The molecule has 0 unspecified atom stereocenters. The van der Waals surface area contributed by atoms with Gasteiger partial charge in [0, 0.05) is 36.2 Å². The number of hydrogen-bond donors (Lipinski definition) is 4. The van der Waals surface area contributed by atoms with Crippen LogP contribution in [0.5, 0.6) is 0 Å². The van der Waals surface area contributed by atoms with Crippen molar-refractivity contribution in [1.29, 1.82) is 0 Å². The zero-order valence-electron chi connectivity index (χ0n) is 22.3. The van der Waals surface area contributed by atoms with E-state index in [4.69, 9.17) is 4.74 Å². The molecular formula is C30H31N7O4. The number of carbonyl (C=O) groups is 1. The molecule has 2 aliphatic rings. The van der Waals surface area contributed by atoms with Crippen molar-refractivity contribution >= 4 is 33.8 Å². The lowest BCUT2D eigenvalue weighted by Gasteiger charge is -2.16. The van der Waals surface area contributed by atoms with Gasteiger partial charge in [0.2, 0.25) is 0 Å². The van der Waals surface area contributed by atoms with Crippen LogP contribution in [0.4, 0.5) is 5.82 Å². The van der Waals surface area contributed by atoms with Gasteiger partial charge in [0.15, 0.2) is 29.3 Å². The van der Waals surface area contributed by atoms with Gasteiger partial charge in [0.25, 0.3) is 5.91 Å². The average molecular weight is 554 g/mol. The second kappa shape index (κ2) is 10.6. The molecule has 1 saturated heterocycles. The molecule has 4 N–H and O–H groups in total. The molecule has 1 aliphatic heterocycles. The molecular weight excluding hydrogens is 522 g/mol. The van der Waals surface area contributed by atoms with Crippen LogP contribution in [0, 0.1) is 0 Å². The molecule has 2 fully saturated rings. The van der Waals surface area contributed by atoms with Crippen LogP contribution in [-0.4, -0.2) is 71.1 Å².